The fourth-order valence-electron chi connectivity index (χ4n) is 2.23. The normalized spacial score (nSPS) is 10.9. The number of hydrogen-bond donors (Lipinski definition) is 1. The van der Waals surface area contributed by atoms with Crippen LogP contribution in [0.2, 0.25) is 0 Å². The lowest BCUT2D eigenvalue weighted by atomic mass is 10.2. The van der Waals surface area contributed by atoms with Gasteiger partial charge in [0.2, 0.25) is 15.9 Å². The molecule has 0 fully saturated rings. The van der Waals surface area contributed by atoms with Gasteiger partial charge in [-0.05, 0) is 30.3 Å². The fourth-order valence-corrected chi connectivity index (χ4v) is 3.09. The summed E-state index contributed by atoms with van der Waals surface area (Å²) in [7, 11) is -2.53. The van der Waals surface area contributed by atoms with Gasteiger partial charge in [-0.25, -0.2) is 12.8 Å². The van der Waals surface area contributed by atoms with Gasteiger partial charge in [0.05, 0.1) is 29.7 Å². The number of anilines is 2. The highest BCUT2D eigenvalue weighted by atomic mass is 32.2. The molecule has 144 valence electrons. The molecule has 2 aromatic carbocycles. The maximum atomic E-state index is 13.1. The van der Waals surface area contributed by atoms with Gasteiger partial charge in [-0.1, -0.05) is 0 Å². The third kappa shape index (κ3) is 5.14. The van der Waals surface area contributed by atoms with E-state index in [0.717, 1.165) is 28.8 Å². The summed E-state index contributed by atoms with van der Waals surface area (Å²) >= 11 is 0. The van der Waals surface area contributed by atoms with E-state index < -0.39 is 33.2 Å². The topological polar surface area (TPSA) is 119 Å². The van der Waals surface area contributed by atoms with Crippen LogP contribution in [-0.2, 0) is 14.8 Å². The van der Waals surface area contributed by atoms with Crippen LogP contribution in [0.4, 0.5) is 21.5 Å². The number of amides is 1. The highest BCUT2D eigenvalue weighted by Crippen LogP contribution is 2.29. The quantitative estimate of drug-likeness (QED) is 0.565. The van der Waals surface area contributed by atoms with Crippen molar-refractivity contribution in [3.63, 3.8) is 0 Å². The van der Waals surface area contributed by atoms with Crippen LogP contribution in [-0.4, -0.2) is 39.2 Å². The molecular weight excluding hydrogens is 381 g/mol. The number of rotatable bonds is 7. The lowest BCUT2D eigenvalue weighted by molar-refractivity contribution is -0.384. The Morgan fingerprint density at radius 2 is 1.89 bits per heavy atom. The van der Waals surface area contributed by atoms with Crippen LogP contribution in [0.1, 0.15) is 0 Å². The molecule has 0 aliphatic heterocycles. The molecule has 1 N–H and O–H groups in total. The first-order chi connectivity index (χ1) is 12.6. The number of nitro benzene ring substituents is 1. The number of carbonyl (C=O) groups excluding carboxylic acids is 1. The van der Waals surface area contributed by atoms with Crippen molar-refractivity contribution in [3.8, 4) is 5.75 Å². The Bertz CT molecular complexity index is 963. The molecule has 0 aliphatic carbocycles. The van der Waals surface area contributed by atoms with Crippen molar-refractivity contribution >= 4 is 33.0 Å². The number of halogens is 1. The fraction of sp³-hybridized carbons (Fsp3) is 0.188. The first-order valence-electron chi connectivity index (χ1n) is 7.47. The zero-order valence-electron chi connectivity index (χ0n) is 14.4. The Balaban J connectivity index is 2.27. The molecular formula is C16H16FN3O6S. The lowest BCUT2D eigenvalue weighted by Gasteiger charge is -2.22. The SMILES string of the molecule is COc1ccc([N+](=O)[O-])cc1NC(=O)CN(c1ccc(F)cc1)S(C)(=O)=O. The van der Waals surface area contributed by atoms with Gasteiger partial charge >= 0.3 is 0 Å². The summed E-state index contributed by atoms with van der Waals surface area (Å²) in [5.41, 5.74) is -0.158. The molecule has 0 unspecified atom stereocenters. The van der Waals surface area contributed by atoms with Crippen LogP contribution in [0, 0.1) is 15.9 Å². The van der Waals surface area contributed by atoms with E-state index in [0.29, 0.717) is 0 Å². The highest BCUT2D eigenvalue weighted by Gasteiger charge is 2.22. The lowest BCUT2D eigenvalue weighted by Crippen LogP contribution is -2.37. The van der Waals surface area contributed by atoms with Crippen LogP contribution >= 0.6 is 0 Å². The van der Waals surface area contributed by atoms with Crippen LogP contribution in [0.25, 0.3) is 0 Å². The van der Waals surface area contributed by atoms with Gasteiger partial charge in [0, 0.05) is 12.1 Å². The maximum absolute atomic E-state index is 13.1. The van der Waals surface area contributed by atoms with Crippen LogP contribution in [0.15, 0.2) is 42.5 Å². The average Bonchev–Trinajstić information content (AvgIpc) is 2.59. The van der Waals surface area contributed by atoms with Crippen molar-refractivity contribution in [2.24, 2.45) is 0 Å². The minimum atomic E-state index is -3.84. The van der Waals surface area contributed by atoms with Crippen molar-refractivity contribution in [1.82, 2.24) is 0 Å². The molecule has 0 spiro atoms. The summed E-state index contributed by atoms with van der Waals surface area (Å²) in [5, 5.41) is 13.3. The number of non-ortho nitro benzene ring substituents is 1. The van der Waals surface area contributed by atoms with Crippen molar-refractivity contribution in [2.45, 2.75) is 0 Å². The van der Waals surface area contributed by atoms with Gasteiger partial charge in [0.25, 0.3) is 5.69 Å². The predicted octanol–water partition coefficient (Wildman–Crippen LogP) is 2.15. The Kier molecular flexibility index (Phi) is 5.95. The first-order valence-corrected chi connectivity index (χ1v) is 9.32. The molecule has 0 heterocycles. The molecule has 1 amide bonds. The molecule has 0 saturated carbocycles. The van der Waals surface area contributed by atoms with Crippen molar-refractivity contribution < 1.29 is 27.3 Å². The number of hydrogen-bond acceptors (Lipinski definition) is 6. The first kappa shape index (κ1) is 20.1. The van der Waals surface area contributed by atoms with Crippen molar-refractivity contribution in [2.75, 3.05) is 29.5 Å². The summed E-state index contributed by atoms with van der Waals surface area (Å²) in [6.45, 7) is -0.615. The molecule has 0 aliphatic rings. The summed E-state index contributed by atoms with van der Waals surface area (Å²) in [6, 6.07) is 8.18. The monoisotopic (exact) mass is 397 g/mol. The summed E-state index contributed by atoms with van der Waals surface area (Å²) in [5.74, 6) is -1.15. The minimum absolute atomic E-state index is 0.0178. The largest absolute Gasteiger partial charge is 0.495 e. The molecule has 0 aromatic heterocycles. The number of sulfonamides is 1. The molecule has 11 heteroatoms. The van der Waals surface area contributed by atoms with Gasteiger partial charge in [-0.2, -0.15) is 0 Å². The molecule has 2 aromatic rings. The Morgan fingerprint density at radius 3 is 2.41 bits per heavy atom. The number of nitro groups is 1. The minimum Gasteiger partial charge on any atom is -0.495 e. The van der Waals surface area contributed by atoms with E-state index in [9.17, 15) is 27.7 Å². The van der Waals surface area contributed by atoms with E-state index in [2.05, 4.69) is 5.32 Å². The number of nitrogens with zero attached hydrogens (tertiary/aromatic N) is 2. The zero-order valence-corrected chi connectivity index (χ0v) is 15.2. The van der Waals surface area contributed by atoms with Gasteiger partial charge in [-0.3, -0.25) is 19.2 Å². The van der Waals surface area contributed by atoms with E-state index in [1.54, 1.807) is 0 Å². The standard InChI is InChI=1S/C16H16FN3O6S/c1-26-15-8-7-13(20(22)23)9-14(15)18-16(21)10-19(27(2,24)25)12-5-3-11(17)4-6-12/h3-9H,10H2,1-2H3,(H,18,21). The summed E-state index contributed by atoms with van der Waals surface area (Å²) in [4.78, 5) is 22.6. The second kappa shape index (κ2) is 7.99. The van der Waals surface area contributed by atoms with Crippen molar-refractivity contribution in [3.05, 3.63) is 58.4 Å². The summed E-state index contributed by atoms with van der Waals surface area (Å²) < 4.78 is 42.9. The van der Waals surface area contributed by atoms with Gasteiger partial charge in [0.1, 0.15) is 18.1 Å². The third-order valence-electron chi connectivity index (χ3n) is 3.47. The summed E-state index contributed by atoms with van der Waals surface area (Å²) in [6.07, 6.45) is 0.900. The average molecular weight is 397 g/mol. The van der Waals surface area contributed by atoms with E-state index in [4.69, 9.17) is 4.74 Å². The molecule has 0 saturated heterocycles. The van der Waals surface area contributed by atoms with Crippen LogP contribution < -0.4 is 14.4 Å². The molecule has 9 nitrogen and oxygen atoms in total. The highest BCUT2D eigenvalue weighted by molar-refractivity contribution is 7.92. The van der Waals surface area contributed by atoms with E-state index in [1.165, 1.54) is 31.4 Å². The molecule has 0 radical (unpaired) electrons. The van der Waals surface area contributed by atoms with E-state index in [-0.39, 0.29) is 22.8 Å². The second-order valence-corrected chi connectivity index (χ2v) is 7.34. The third-order valence-corrected chi connectivity index (χ3v) is 4.61. The zero-order chi connectivity index (χ0) is 20.2. The Labute approximate surface area is 154 Å². The Morgan fingerprint density at radius 1 is 1.26 bits per heavy atom. The van der Waals surface area contributed by atoms with Crippen LogP contribution in [0.5, 0.6) is 5.75 Å². The number of carbonyl (C=O) groups is 1. The van der Waals surface area contributed by atoms with Crippen molar-refractivity contribution in [1.29, 1.82) is 0 Å². The number of methoxy groups -OCH3 is 1. The molecule has 0 bridgehead atoms. The smallest absolute Gasteiger partial charge is 0.271 e. The molecule has 27 heavy (non-hydrogen) atoms. The van der Waals surface area contributed by atoms with Gasteiger partial charge < -0.3 is 10.1 Å². The van der Waals surface area contributed by atoms with Gasteiger partial charge in [0.15, 0.2) is 0 Å². The molecule has 0 atom stereocenters. The number of ether oxygens (including phenoxy) is 1. The van der Waals surface area contributed by atoms with Crippen LogP contribution in [0.3, 0.4) is 0 Å². The Hall–Kier alpha value is -3.21. The number of nitrogens with one attached hydrogen (secondary N) is 1. The second-order valence-electron chi connectivity index (χ2n) is 5.44. The van der Waals surface area contributed by atoms with E-state index >= 15 is 0 Å². The number of benzene rings is 2. The maximum Gasteiger partial charge on any atom is 0.271 e. The predicted molar refractivity (Wildman–Crippen MR) is 96.9 cm³/mol. The molecule has 2 rings (SSSR count). The van der Waals surface area contributed by atoms with E-state index in [1.807, 2.05) is 0 Å². The van der Waals surface area contributed by atoms with Gasteiger partial charge in [-0.15, -0.1) is 0 Å².